The minimum absolute atomic E-state index is 0.0450. The van der Waals surface area contributed by atoms with E-state index in [4.69, 9.17) is 5.73 Å². The van der Waals surface area contributed by atoms with Gasteiger partial charge in [-0.3, -0.25) is 0 Å². The van der Waals surface area contributed by atoms with Gasteiger partial charge in [-0.1, -0.05) is 13.8 Å². The summed E-state index contributed by atoms with van der Waals surface area (Å²) in [6.45, 7) is 4.10. The zero-order chi connectivity index (χ0) is 13.2. The topological polar surface area (TPSA) is 88.5 Å². The maximum Gasteiger partial charge on any atom is 0.180 e. The molecule has 0 saturated carbocycles. The van der Waals surface area contributed by atoms with E-state index in [2.05, 4.69) is 15.3 Å². The van der Waals surface area contributed by atoms with Crippen molar-refractivity contribution >= 4 is 17.3 Å². The van der Waals surface area contributed by atoms with Gasteiger partial charge in [-0.05, 0) is 12.8 Å². The molecule has 18 heavy (non-hydrogen) atoms. The molecule has 4 N–H and O–H groups in total. The van der Waals surface area contributed by atoms with E-state index in [-0.39, 0.29) is 12.1 Å². The molecule has 98 valence electrons. The molecule has 0 spiro atoms. The summed E-state index contributed by atoms with van der Waals surface area (Å²) in [6.07, 6.45) is 6.82. The first kappa shape index (κ1) is 12.6. The molecule has 0 fully saturated rings. The summed E-state index contributed by atoms with van der Waals surface area (Å²) in [5.74, 6) is 1.03. The van der Waals surface area contributed by atoms with Crippen molar-refractivity contribution in [3.05, 3.63) is 18.6 Å². The van der Waals surface area contributed by atoms with Crippen molar-refractivity contribution in [2.45, 2.75) is 32.2 Å². The Kier molecular flexibility index (Phi) is 3.38. The highest BCUT2D eigenvalue weighted by Gasteiger charge is 2.26. The molecule has 2 rings (SSSR count). The number of rotatable bonds is 5. The number of aromatic nitrogens is 3. The number of nitrogens with one attached hydrogen (secondary N) is 1. The summed E-state index contributed by atoms with van der Waals surface area (Å²) in [5, 5.41) is 12.9. The quantitative estimate of drug-likeness (QED) is 0.742. The number of hydrogen-bond donors (Lipinski definition) is 3. The summed E-state index contributed by atoms with van der Waals surface area (Å²) in [7, 11) is 0. The van der Waals surface area contributed by atoms with Gasteiger partial charge in [0, 0.05) is 12.4 Å². The number of hydrogen-bond acceptors (Lipinski definition) is 5. The van der Waals surface area contributed by atoms with Crippen molar-refractivity contribution in [2.75, 3.05) is 17.7 Å². The van der Waals surface area contributed by atoms with E-state index in [1.807, 2.05) is 24.4 Å². The SMILES string of the molecule is CCC(CC)(CO)Nc1nc(N)cn2ccnc12. The maximum absolute atomic E-state index is 9.58. The van der Waals surface area contributed by atoms with E-state index >= 15 is 0 Å². The van der Waals surface area contributed by atoms with Gasteiger partial charge in [0.15, 0.2) is 11.5 Å². The Morgan fingerprint density at radius 1 is 1.44 bits per heavy atom. The molecule has 0 aliphatic carbocycles. The van der Waals surface area contributed by atoms with Crippen LogP contribution in [0.15, 0.2) is 18.6 Å². The van der Waals surface area contributed by atoms with Gasteiger partial charge < -0.3 is 20.6 Å². The van der Waals surface area contributed by atoms with Gasteiger partial charge in [0.25, 0.3) is 0 Å². The van der Waals surface area contributed by atoms with Crippen molar-refractivity contribution in [3.8, 4) is 0 Å². The van der Waals surface area contributed by atoms with E-state index < -0.39 is 0 Å². The van der Waals surface area contributed by atoms with Crippen LogP contribution in [-0.2, 0) is 0 Å². The van der Waals surface area contributed by atoms with Crippen molar-refractivity contribution < 1.29 is 5.11 Å². The molecule has 2 aromatic heterocycles. The molecular weight excluding hydrogens is 230 g/mol. The fourth-order valence-electron chi connectivity index (χ4n) is 1.98. The first-order valence-corrected chi connectivity index (χ1v) is 6.12. The molecule has 6 nitrogen and oxygen atoms in total. The van der Waals surface area contributed by atoms with Crippen molar-refractivity contribution in [2.24, 2.45) is 0 Å². The Morgan fingerprint density at radius 3 is 2.78 bits per heavy atom. The minimum atomic E-state index is -0.382. The van der Waals surface area contributed by atoms with Crippen LogP contribution in [0.25, 0.3) is 5.65 Å². The summed E-state index contributed by atoms with van der Waals surface area (Å²) in [4.78, 5) is 8.52. The first-order chi connectivity index (χ1) is 8.64. The van der Waals surface area contributed by atoms with E-state index in [0.29, 0.717) is 17.3 Å². The molecule has 0 radical (unpaired) electrons. The summed E-state index contributed by atoms with van der Waals surface area (Å²) in [6, 6.07) is 0. The third kappa shape index (κ3) is 2.11. The van der Waals surface area contributed by atoms with Gasteiger partial charge in [0.05, 0.1) is 18.3 Å². The zero-order valence-corrected chi connectivity index (χ0v) is 10.7. The number of nitrogens with two attached hydrogens (primary N) is 1. The van der Waals surface area contributed by atoms with Crippen LogP contribution in [0.2, 0.25) is 0 Å². The van der Waals surface area contributed by atoms with Gasteiger partial charge in [-0.25, -0.2) is 9.97 Å². The average Bonchev–Trinajstić information content (AvgIpc) is 2.84. The molecule has 0 unspecified atom stereocenters. The normalized spacial score (nSPS) is 11.9. The Hall–Kier alpha value is -1.82. The minimum Gasteiger partial charge on any atom is -0.394 e. The molecule has 2 aromatic rings. The Bertz CT molecular complexity index is 524. The van der Waals surface area contributed by atoms with E-state index in [0.717, 1.165) is 12.8 Å². The zero-order valence-electron chi connectivity index (χ0n) is 10.7. The predicted molar refractivity (Wildman–Crippen MR) is 71.4 cm³/mol. The van der Waals surface area contributed by atoms with Crippen LogP contribution in [0.4, 0.5) is 11.6 Å². The van der Waals surface area contributed by atoms with Crippen molar-refractivity contribution in [1.29, 1.82) is 0 Å². The predicted octanol–water partition coefficient (Wildman–Crippen LogP) is 1.27. The summed E-state index contributed by atoms with van der Waals surface area (Å²) in [5.41, 5.74) is 6.10. The molecule has 6 heteroatoms. The number of anilines is 2. The fourth-order valence-corrected chi connectivity index (χ4v) is 1.98. The average molecular weight is 249 g/mol. The second-order valence-electron chi connectivity index (χ2n) is 4.44. The van der Waals surface area contributed by atoms with Crippen LogP contribution in [0.1, 0.15) is 26.7 Å². The van der Waals surface area contributed by atoms with Crippen LogP contribution in [0.5, 0.6) is 0 Å². The number of fused-ring (bicyclic) bond motifs is 1. The Labute approximate surface area is 106 Å². The number of nitrogen functional groups attached to an aromatic ring is 1. The van der Waals surface area contributed by atoms with Gasteiger partial charge in [0.2, 0.25) is 0 Å². The highest BCUT2D eigenvalue weighted by molar-refractivity contribution is 5.65. The van der Waals surface area contributed by atoms with Crippen LogP contribution >= 0.6 is 0 Å². The fraction of sp³-hybridized carbons (Fsp3) is 0.500. The number of aliphatic hydroxyl groups excluding tert-OH is 1. The molecule has 0 saturated heterocycles. The lowest BCUT2D eigenvalue weighted by atomic mass is 9.94. The first-order valence-electron chi connectivity index (χ1n) is 6.12. The summed E-state index contributed by atoms with van der Waals surface area (Å²) < 4.78 is 1.82. The van der Waals surface area contributed by atoms with E-state index in [1.165, 1.54) is 0 Å². The van der Waals surface area contributed by atoms with Gasteiger partial charge in [0.1, 0.15) is 5.82 Å². The van der Waals surface area contributed by atoms with Crippen molar-refractivity contribution in [1.82, 2.24) is 14.4 Å². The monoisotopic (exact) mass is 249 g/mol. The van der Waals surface area contributed by atoms with Gasteiger partial charge in [-0.15, -0.1) is 0 Å². The van der Waals surface area contributed by atoms with Crippen LogP contribution in [0, 0.1) is 0 Å². The molecule has 0 atom stereocenters. The lowest BCUT2D eigenvalue weighted by Gasteiger charge is -2.31. The molecule has 0 aliphatic rings. The highest BCUT2D eigenvalue weighted by atomic mass is 16.3. The Balaban J connectivity index is 2.44. The van der Waals surface area contributed by atoms with Gasteiger partial charge in [-0.2, -0.15) is 0 Å². The van der Waals surface area contributed by atoms with Crippen LogP contribution in [-0.4, -0.2) is 31.6 Å². The standard InChI is InChI=1S/C12H19N5O/c1-3-12(4-2,8-18)16-10-11-14-5-6-17(11)7-9(13)15-10/h5-7,18H,3-4,8,13H2,1-2H3,(H,15,16). The summed E-state index contributed by atoms with van der Waals surface area (Å²) >= 11 is 0. The smallest absolute Gasteiger partial charge is 0.180 e. The Morgan fingerprint density at radius 2 is 2.17 bits per heavy atom. The number of imidazole rings is 1. The van der Waals surface area contributed by atoms with Gasteiger partial charge >= 0.3 is 0 Å². The van der Waals surface area contributed by atoms with Crippen molar-refractivity contribution in [3.63, 3.8) is 0 Å². The molecule has 2 heterocycles. The largest absolute Gasteiger partial charge is 0.394 e. The van der Waals surface area contributed by atoms with Crippen LogP contribution < -0.4 is 11.1 Å². The molecule has 0 bridgehead atoms. The lowest BCUT2D eigenvalue weighted by Crippen LogP contribution is -2.41. The lowest BCUT2D eigenvalue weighted by molar-refractivity contribution is 0.202. The second-order valence-corrected chi connectivity index (χ2v) is 4.44. The van der Waals surface area contributed by atoms with E-state index in [1.54, 1.807) is 12.4 Å². The molecule has 0 aromatic carbocycles. The highest BCUT2D eigenvalue weighted by Crippen LogP contribution is 2.23. The molecule has 0 aliphatic heterocycles. The van der Waals surface area contributed by atoms with Crippen LogP contribution in [0.3, 0.4) is 0 Å². The molecule has 0 amide bonds. The maximum atomic E-state index is 9.58. The molecular formula is C12H19N5O. The number of nitrogens with zero attached hydrogens (tertiary/aromatic N) is 3. The third-order valence-corrected chi connectivity index (χ3v) is 3.43. The van der Waals surface area contributed by atoms with E-state index in [9.17, 15) is 5.11 Å². The third-order valence-electron chi connectivity index (χ3n) is 3.43. The number of aliphatic hydroxyl groups is 1. The second kappa shape index (κ2) is 4.81.